The maximum Gasteiger partial charge on any atom is 0.139 e. The van der Waals surface area contributed by atoms with E-state index in [9.17, 15) is 0 Å². The van der Waals surface area contributed by atoms with E-state index in [1.807, 2.05) is 0 Å². The van der Waals surface area contributed by atoms with Crippen LogP contribution in [0.5, 0.6) is 0 Å². The van der Waals surface area contributed by atoms with Gasteiger partial charge in [-0.25, -0.2) is 0 Å². The number of fused-ring (bicyclic) bond motifs is 1. The van der Waals surface area contributed by atoms with E-state index in [0.29, 0.717) is 10.9 Å². The molecule has 0 spiro atoms. The van der Waals surface area contributed by atoms with Crippen molar-refractivity contribution in [2.24, 2.45) is 5.92 Å². The fraction of sp³-hybridized carbons (Fsp3) is 0.556. The number of hydrogen-bond acceptors (Lipinski definition) is 0. The SMILES string of the molecule is CC1=CC=C2C(C1)C[S+]2C. The normalized spacial score (nSPS) is 37.4. The molecule has 2 unspecified atom stereocenters. The Kier molecular flexibility index (Phi) is 1.41. The molecule has 0 aromatic carbocycles. The van der Waals surface area contributed by atoms with Crippen molar-refractivity contribution in [1.82, 2.24) is 0 Å². The Morgan fingerprint density at radius 3 is 2.90 bits per heavy atom. The summed E-state index contributed by atoms with van der Waals surface area (Å²) in [5, 5.41) is 0. The van der Waals surface area contributed by atoms with E-state index in [0.717, 1.165) is 5.92 Å². The van der Waals surface area contributed by atoms with Gasteiger partial charge in [0.25, 0.3) is 0 Å². The van der Waals surface area contributed by atoms with Gasteiger partial charge in [0.2, 0.25) is 0 Å². The van der Waals surface area contributed by atoms with Crippen LogP contribution in [0.2, 0.25) is 0 Å². The third-order valence-electron chi connectivity index (χ3n) is 2.36. The van der Waals surface area contributed by atoms with E-state index >= 15 is 0 Å². The molecular weight excluding hydrogens is 140 g/mol. The highest BCUT2D eigenvalue weighted by atomic mass is 32.2. The zero-order chi connectivity index (χ0) is 7.14. The van der Waals surface area contributed by atoms with Crippen LogP contribution in [-0.4, -0.2) is 12.0 Å². The highest BCUT2D eigenvalue weighted by molar-refractivity contribution is 8.01. The predicted octanol–water partition coefficient (Wildman–Crippen LogP) is 2.10. The molecule has 0 N–H and O–H groups in total. The zero-order valence-electron chi connectivity index (χ0n) is 6.55. The molecule has 0 aromatic heterocycles. The van der Waals surface area contributed by atoms with Crippen LogP contribution in [0.1, 0.15) is 13.3 Å². The molecule has 10 heavy (non-hydrogen) atoms. The van der Waals surface area contributed by atoms with Crippen LogP contribution in [0.3, 0.4) is 0 Å². The van der Waals surface area contributed by atoms with Crippen LogP contribution in [0.15, 0.2) is 22.6 Å². The molecule has 0 amide bonds. The fourth-order valence-corrected chi connectivity index (χ4v) is 3.59. The van der Waals surface area contributed by atoms with Gasteiger partial charge >= 0.3 is 0 Å². The van der Waals surface area contributed by atoms with Gasteiger partial charge in [-0.05, 0) is 19.4 Å². The quantitative estimate of drug-likeness (QED) is 0.467. The van der Waals surface area contributed by atoms with Crippen molar-refractivity contribution in [1.29, 1.82) is 0 Å². The number of rotatable bonds is 0. The molecule has 2 aliphatic rings. The molecule has 0 bridgehead atoms. The van der Waals surface area contributed by atoms with E-state index in [1.165, 1.54) is 12.2 Å². The second-order valence-corrected chi connectivity index (χ2v) is 5.37. The van der Waals surface area contributed by atoms with Crippen molar-refractivity contribution in [2.75, 3.05) is 12.0 Å². The van der Waals surface area contributed by atoms with E-state index in [1.54, 1.807) is 10.5 Å². The summed E-state index contributed by atoms with van der Waals surface area (Å²) >= 11 is 0. The molecule has 1 heteroatoms. The van der Waals surface area contributed by atoms with Gasteiger partial charge in [0.15, 0.2) is 0 Å². The van der Waals surface area contributed by atoms with Gasteiger partial charge in [-0.1, -0.05) is 11.6 Å². The molecular formula is C9H13S+. The smallest absolute Gasteiger partial charge is 0.0722 e. The molecule has 2 atom stereocenters. The summed E-state index contributed by atoms with van der Waals surface area (Å²) in [7, 11) is 0.643. The minimum absolute atomic E-state index is 0.643. The van der Waals surface area contributed by atoms with Gasteiger partial charge in [0.05, 0.1) is 5.92 Å². The van der Waals surface area contributed by atoms with Gasteiger partial charge in [0, 0.05) is 10.9 Å². The maximum atomic E-state index is 2.36. The Labute approximate surface area is 65.4 Å². The third-order valence-corrected chi connectivity index (χ3v) is 4.53. The van der Waals surface area contributed by atoms with E-state index in [2.05, 4.69) is 25.3 Å². The zero-order valence-corrected chi connectivity index (χ0v) is 7.37. The highest BCUT2D eigenvalue weighted by Gasteiger charge is 2.42. The summed E-state index contributed by atoms with van der Waals surface area (Å²) in [6.45, 7) is 2.24. The second-order valence-electron chi connectivity index (χ2n) is 3.29. The summed E-state index contributed by atoms with van der Waals surface area (Å²) in [6, 6.07) is 0. The predicted molar refractivity (Wildman–Crippen MR) is 48.1 cm³/mol. The van der Waals surface area contributed by atoms with Crippen LogP contribution >= 0.6 is 0 Å². The molecule has 1 fully saturated rings. The summed E-state index contributed by atoms with van der Waals surface area (Å²) < 4.78 is 0. The first-order valence-corrected chi connectivity index (χ1v) is 5.57. The Morgan fingerprint density at radius 2 is 2.30 bits per heavy atom. The van der Waals surface area contributed by atoms with E-state index in [-0.39, 0.29) is 0 Å². The van der Waals surface area contributed by atoms with Crippen molar-refractivity contribution >= 4 is 10.9 Å². The van der Waals surface area contributed by atoms with Crippen molar-refractivity contribution < 1.29 is 0 Å². The fourth-order valence-electron chi connectivity index (χ4n) is 1.76. The molecule has 1 aliphatic heterocycles. The van der Waals surface area contributed by atoms with Gasteiger partial charge in [0.1, 0.15) is 16.9 Å². The van der Waals surface area contributed by atoms with Crippen molar-refractivity contribution in [3.8, 4) is 0 Å². The third kappa shape index (κ3) is 0.842. The van der Waals surface area contributed by atoms with E-state index < -0.39 is 0 Å². The molecule has 0 radical (unpaired) electrons. The monoisotopic (exact) mass is 153 g/mol. The Balaban J connectivity index is 2.21. The van der Waals surface area contributed by atoms with Crippen LogP contribution < -0.4 is 0 Å². The first-order valence-electron chi connectivity index (χ1n) is 3.77. The molecule has 1 saturated heterocycles. The van der Waals surface area contributed by atoms with Crippen LogP contribution in [0.4, 0.5) is 0 Å². The first-order chi connectivity index (χ1) is 4.77. The lowest BCUT2D eigenvalue weighted by atomic mass is 9.96. The van der Waals surface area contributed by atoms with Gasteiger partial charge in [-0.3, -0.25) is 0 Å². The lowest BCUT2D eigenvalue weighted by Gasteiger charge is -2.29. The molecule has 0 aromatic rings. The molecule has 0 nitrogen and oxygen atoms in total. The van der Waals surface area contributed by atoms with Gasteiger partial charge in [-0.15, -0.1) is 0 Å². The van der Waals surface area contributed by atoms with Gasteiger partial charge in [-0.2, -0.15) is 0 Å². The number of hydrogen-bond donors (Lipinski definition) is 0. The standard InChI is InChI=1S/C9H13S/c1-7-3-4-9-8(5-7)6-10(9)2/h3-4,8H,5-6H2,1-2H3/q+1. The maximum absolute atomic E-state index is 2.36. The molecule has 0 saturated carbocycles. The molecule has 1 aliphatic carbocycles. The second kappa shape index (κ2) is 2.16. The summed E-state index contributed by atoms with van der Waals surface area (Å²) in [5.41, 5.74) is 1.56. The molecule has 54 valence electrons. The largest absolute Gasteiger partial charge is 0.139 e. The van der Waals surface area contributed by atoms with Crippen molar-refractivity contribution in [2.45, 2.75) is 13.3 Å². The van der Waals surface area contributed by atoms with Crippen molar-refractivity contribution in [3.63, 3.8) is 0 Å². The molecule has 1 heterocycles. The topological polar surface area (TPSA) is 0 Å². The Hall–Kier alpha value is -0.170. The summed E-state index contributed by atoms with van der Waals surface area (Å²) in [4.78, 5) is 1.73. The van der Waals surface area contributed by atoms with E-state index in [4.69, 9.17) is 0 Å². The average Bonchev–Trinajstić information content (AvgIpc) is 1.86. The minimum Gasteiger partial charge on any atom is -0.0722 e. The summed E-state index contributed by atoms with van der Waals surface area (Å²) in [6.07, 6.45) is 8.32. The minimum atomic E-state index is 0.643. The van der Waals surface area contributed by atoms with Gasteiger partial charge < -0.3 is 0 Å². The van der Waals surface area contributed by atoms with Crippen LogP contribution in [0, 0.1) is 5.92 Å². The highest BCUT2D eigenvalue weighted by Crippen LogP contribution is 2.39. The lowest BCUT2D eigenvalue weighted by Crippen LogP contribution is -2.34. The number of allylic oxidation sites excluding steroid dienone is 4. The Bertz CT molecular complexity index is 213. The lowest BCUT2D eigenvalue weighted by molar-refractivity contribution is 0.674. The van der Waals surface area contributed by atoms with Crippen molar-refractivity contribution in [3.05, 3.63) is 22.6 Å². The summed E-state index contributed by atoms with van der Waals surface area (Å²) in [5.74, 6) is 2.40. The average molecular weight is 153 g/mol. The Morgan fingerprint density at radius 1 is 1.50 bits per heavy atom. The van der Waals surface area contributed by atoms with Crippen LogP contribution in [-0.2, 0) is 10.9 Å². The van der Waals surface area contributed by atoms with Crippen LogP contribution in [0.25, 0.3) is 0 Å². The first kappa shape index (κ1) is 6.53. The molecule has 2 rings (SSSR count).